The number of benzene rings is 2. The zero-order valence-corrected chi connectivity index (χ0v) is 37.7. The van der Waals surface area contributed by atoms with Crippen molar-refractivity contribution in [2.75, 3.05) is 82.6 Å². The van der Waals surface area contributed by atoms with Crippen LogP contribution in [-0.4, -0.2) is 143 Å². The van der Waals surface area contributed by atoms with E-state index in [0.29, 0.717) is 107 Å². The zero-order chi connectivity index (χ0) is 46.5. The Balaban J connectivity index is 1.34. The summed E-state index contributed by atoms with van der Waals surface area (Å²) >= 11 is 0. The fourth-order valence-corrected chi connectivity index (χ4v) is 8.91. The lowest BCUT2D eigenvalue weighted by Crippen LogP contribution is -2.57. The number of nitrogens with one attached hydrogen (secondary N) is 5. The van der Waals surface area contributed by atoms with Crippen LogP contribution in [0.3, 0.4) is 0 Å². The summed E-state index contributed by atoms with van der Waals surface area (Å²) in [5.41, 5.74) is 8.75. The Labute approximate surface area is 374 Å². The first kappa shape index (κ1) is 51.2. The van der Waals surface area contributed by atoms with E-state index in [-0.39, 0.29) is 54.8 Å². The molecule has 64 heavy (non-hydrogen) atoms. The van der Waals surface area contributed by atoms with Gasteiger partial charge in [-0.25, -0.2) is 13.4 Å². The Morgan fingerprint density at radius 2 is 1.58 bits per heavy atom. The molecule has 0 radical (unpaired) electrons. The van der Waals surface area contributed by atoms with Crippen LogP contribution in [0.5, 0.6) is 0 Å². The van der Waals surface area contributed by atoms with Crippen LogP contribution in [-0.2, 0) is 50.0 Å². The average molecular weight is 914 g/mol. The average Bonchev–Trinajstić information content (AvgIpc) is 3.78. The van der Waals surface area contributed by atoms with Gasteiger partial charge in [0.1, 0.15) is 12.2 Å². The first-order chi connectivity index (χ1) is 30.7. The summed E-state index contributed by atoms with van der Waals surface area (Å²) < 4.78 is 45.9. The van der Waals surface area contributed by atoms with Crippen molar-refractivity contribution in [1.29, 1.82) is 0 Å². The molecule has 0 aliphatic carbocycles. The van der Waals surface area contributed by atoms with Crippen LogP contribution in [0.1, 0.15) is 71.1 Å². The second-order valence-electron chi connectivity index (χ2n) is 15.4. The van der Waals surface area contributed by atoms with Crippen molar-refractivity contribution >= 4 is 51.6 Å². The highest BCUT2D eigenvalue weighted by Crippen LogP contribution is 2.33. The number of anilines is 2. The van der Waals surface area contributed by atoms with Gasteiger partial charge in [-0.1, -0.05) is 23.8 Å². The second-order valence-corrected chi connectivity index (χ2v) is 17.0. The number of carboxylic acid groups (broad SMARTS) is 1. The summed E-state index contributed by atoms with van der Waals surface area (Å²) in [4.78, 5) is 74.2. The van der Waals surface area contributed by atoms with Crippen LogP contribution >= 0.6 is 0 Å². The molecule has 8 N–H and O–H groups in total. The Hall–Kier alpha value is -5.45. The summed E-state index contributed by atoms with van der Waals surface area (Å²) in [5, 5.41) is 19.0. The SMILES string of the molecule is Cc1cc(C)c(S(=O)(=O)NC(CN(C=O)C2CC(=O)c3ccc(CNc4ncc[nH]4)cc3N2CCCNC(=O)CCC(=O)NCCCOCCOCCOCCCN)C(=O)O)c(C)c1. The van der Waals surface area contributed by atoms with E-state index < -0.39 is 34.7 Å². The number of hydrogen-bond acceptors (Lipinski definition) is 14. The molecule has 3 amide bonds. The molecular weight excluding hydrogens is 851 g/mol. The number of amides is 3. The van der Waals surface area contributed by atoms with Gasteiger partial charge in [0.05, 0.1) is 37.7 Å². The van der Waals surface area contributed by atoms with E-state index in [2.05, 4.69) is 30.6 Å². The maximum Gasteiger partial charge on any atom is 0.323 e. The number of fused-ring (bicyclic) bond motifs is 1. The Morgan fingerprint density at radius 3 is 2.17 bits per heavy atom. The van der Waals surface area contributed by atoms with Gasteiger partial charge >= 0.3 is 5.97 Å². The number of Topliss-reactive ketones (excluding diaryl/α,β-unsaturated/α-hetero) is 1. The van der Waals surface area contributed by atoms with E-state index in [0.717, 1.165) is 22.4 Å². The van der Waals surface area contributed by atoms with Crippen LogP contribution in [0.2, 0.25) is 0 Å². The van der Waals surface area contributed by atoms with Crippen molar-refractivity contribution in [1.82, 2.24) is 30.2 Å². The van der Waals surface area contributed by atoms with Gasteiger partial charge in [-0.3, -0.25) is 24.0 Å². The number of aryl methyl sites for hydroxylation is 3. The number of nitrogens with zero attached hydrogens (tertiary/aromatic N) is 3. The van der Waals surface area contributed by atoms with Gasteiger partial charge in [0.15, 0.2) is 11.7 Å². The first-order valence-electron chi connectivity index (χ1n) is 21.4. The number of rotatable bonds is 31. The minimum atomic E-state index is -4.37. The number of nitrogens with two attached hydrogens (primary N) is 1. The number of aromatic amines is 1. The fourth-order valence-electron chi connectivity index (χ4n) is 7.28. The van der Waals surface area contributed by atoms with Gasteiger partial charge in [0.2, 0.25) is 28.2 Å². The van der Waals surface area contributed by atoms with Crippen molar-refractivity contribution in [3.05, 3.63) is 70.5 Å². The molecule has 1 aliphatic rings. The fraction of sp³-hybridized carbons (Fsp3) is 0.535. The minimum Gasteiger partial charge on any atom is -0.480 e. The van der Waals surface area contributed by atoms with Gasteiger partial charge in [-0.05, 0) is 75.4 Å². The molecule has 2 atom stereocenters. The summed E-state index contributed by atoms with van der Waals surface area (Å²) in [5.74, 6) is -1.90. The Kier molecular flexibility index (Phi) is 21.1. The third-order valence-corrected chi connectivity index (χ3v) is 12.0. The number of carbonyl (C=O) groups excluding carboxylic acids is 4. The highest BCUT2D eigenvalue weighted by Gasteiger charge is 2.38. The van der Waals surface area contributed by atoms with E-state index >= 15 is 0 Å². The van der Waals surface area contributed by atoms with E-state index in [4.69, 9.17) is 19.9 Å². The molecule has 2 unspecified atom stereocenters. The van der Waals surface area contributed by atoms with Crippen LogP contribution in [0.15, 0.2) is 47.6 Å². The number of carboxylic acids is 1. The lowest BCUT2D eigenvalue weighted by molar-refractivity contribution is -0.140. The maximum atomic E-state index is 13.7. The Bertz CT molecular complexity index is 2080. The number of sulfonamides is 1. The number of aromatic nitrogens is 2. The van der Waals surface area contributed by atoms with Crippen molar-refractivity contribution < 1.29 is 51.7 Å². The lowest BCUT2D eigenvalue weighted by Gasteiger charge is -2.43. The van der Waals surface area contributed by atoms with Crippen LogP contribution in [0.4, 0.5) is 11.6 Å². The van der Waals surface area contributed by atoms with Gasteiger partial charge in [0, 0.05) is 82.4 Å². The summed E-state index contributed by atoms with van der Waals surface area (Å²) in [7, 11) is -4.37. The Morgan fingerprint density at radius 1 is 0.953 bits per heavy atom. The van der Waals surface area contributed by atoms with Gasteiger partial charge < -0.3 is 55.8 Å². The van der Waals surface area contributed by atoms with Crippen molar-refractivity contribution in [3.63, 3.8) is 0 Å². The number of H-pyrrole nitrogens is 1. The normalized spacial score (nSPS) is 14.2. The predicted octanol–water partition coefficient (Wildman–Crippen LogP) is 1.75. The van der Waals surface area contributed by atoms with Crippen LogP contribution < -0.4 is 31.3 Å². The molecule has 0 spiro atoms. The molecule has 0 saturated carbocycles. The molecule has 4 rings (SSSR count). The molecule has 1 aliphatic heterocycles. The lowest BCUT2D eigenvalue weighted by atomic mass is 9.95. The minimum absolute atomic E-state index is 0.0156. The quantitative estimate of drug-likeness (QED) is 0.0358. The number of carbonyl (C=O) groups is 5. The number of ether oxygens (including phenoxy) is 3. The number of aliphatic carboxylic acids is 1. The third kappa shape index (κ3) is 16.3. The topological polar surface area (TPSA) is 277 Å². The molecule has 2 aromatic carbocycles. The van der Waals surface area contributed by atoms with E-state index in [1.807, 2.05) is 6.92 Å². The smallest absolute Gasteiger partial charge is 0.323 e. The molecule has 20 nitrogen and oxygen atoms in total. The first-order valence-corrected chi connectivity index (χ1v) is 22.9. The van der Waals surface area contributed by atoms with E-state index in [1.165, 1.54) is 0 Å². The van der Waals surface area contributed by atoms with Gasteiger partial charge in [-0.2, -0.15) is 4.72 Å². The summed E-state index contributed by atoms with van der Waals surface area (Å²) in [6.45, 7) is 9.03. The molecular formula is C43H63N9O11S. The van der Waals surface area contributed by atoms with E-state index in [1.54, 1.807) is 61.5 Å². The maximum absolute atomic E-state index is 13.7. The van der Waals surface area contributed by atoms with Gasteiger partial charge in [0.25, 0.3) is 0 Å². The molecule has 0 bridgehead atoms. The third-order valence-electron chi connectivity index (χ3n) is 10.2. The largest absolute Gasteiger partial charge is 0.480 e. The van der Waals surface area contributed by atoms with Gasteiger partial charge in [-0.15, -0.1) is 0 Å². The monoisotopic (exact) mass is 913 g/mol. The zero-order valence-electron chi connectivity index (χ0n) is 36.9. The second kappa shape index (κ2) is 26.4. The predicted molar refractivity (Wildman–Crippen MR) is 238 cm³/mol. The number of hydrogen-bond donors (Lipinski definition) is 7. The highest BCUT2D eigenvalue weighted by atomic mass is 32.2. The number of imidazole rings is 1. The van der Waals surface area contributed by atoms with Crippen LogP contribution in [0, 0.1) is 20.8 Å². The molecule has 1 aromatic heterocycles. The van der Waals surface area contributed by atoms with Crippen molar-refractivity contribution in [2.45, 2.75) is 82.9 Å². The standard InChI is InChI=1S/C43H63N9O11S/c1-30-23-31(2)41(32(3)24-30)64(59,60)50-35(42(57)58)28-51(29-53)40-26-37(54)34-8-7-33(27-49-43-47-14-15-48-43)25-36(34)52(40)16-5-12-45-38(55)9-10-39(56)46-13-6-18-62-20-22-63-21-19-61-17-4-11-44/h7-8,14-15,23-25,29,35,40,50H,4-6,9-13,16-22,26-28,44H2,1-3H3,(H,45,55)(H,46,56)(H,57,58)(H2,47,48,49). The van der Waals surface area contributed by atoms with Crippen LogP contribution in [0.25, 0.3) is 0 Å². The molecule has 3 aromatic rings. The molecule has 2 heterocycles. The molecule has 0 fully saturated rings. The summed E-state index contributed by atoms with van der Waals surface area (Å²) in [6, 6.07) is 6.86. The summed E-state index contributed by atoms with van der Waals surface area (Å²) in [6.07, 6.45) is 4.13. The molecule has 352 valence electrons. The number of ketones is 1. The van der Waals surface area contributed by atoms with Crippen molar-refractivity contribution in [3.8, 4) is 0 Å². The van der Waals surface area contributed by atoms with E-state index in [9.17, 15) is 37.5 Å². The highest BCUT2D eigenvalue weighted by molar-refractivity contribution is 7.89. The van der Waals surface area contributed by atoms with Crippen molar-refractivity contribution in [2.24, 2.45) is 5.73 Å². The molecule has 0 saturated heterocycles. The molecule has 21 heteroatoms.